The highest BCUT2D eigenvalue weighted by Crippen LogP contribution is 2.12. The van der Waals surface area contributed by atoms with Crippen LogP contribution in [0.25, 0.3) is 5.69 Å². The smallest absolute Gasteiger partial charge is 0.294 e. The number of nitrogens with zero attached hydrogens (tertiary/aromatic N) is 2. The number of aliphatic hydroxyl groups is 2. The van der Waals surface area contributed by atoms with E-state index in [0.717, 1.165) is 0 Å². The van der Waals surface area contributed by atoms with Crippen molar-refractivity contribution < 1.29 is 15.0 Å². The lowest BCUT2D eigenvalue weighted by molar-refractivity contribution is 0.0802. The zero-order valence-electron chi connectivity index (χ0n) is 13.0. The number of aromatic nitrogens is 2. The Morgan fingerprint density at radius 2 is 1.96 bits per heavy atom. The van der Waals surface area contributed by atoms with E-state index < -0.39 is 12.7 Å². The zero-order valence-corrected chi connectivity index (χ0v) is 13.0. The monoisotopic (exact) mass is 320 g/mol. The third-order valence-corrected chi connectivity index (χ3v) is 3.68. The molecule has 2 rings (SSSR count). The Kier molecular flexibility index (Phi) is 4.87. The van der Waals surface area contributed by atoms with Gasteiger partial charge in [0.05, 0.1) is 24.1 Å². The molecule has 0 aliphatic carbocycles. The fourth-order valence-corrected chi connectivity index (χ4v) is 2.15. The average Bonchev–Trinajstić information content (AvgIpc) is 2.76. The van der Waals surface area contributed by atoms with Crippen molar-refractivity contribution in [3.05, 3.63) is 45.9 Å². The number of hydrogen-bond donors (Lipinski definition) is 4. The summed E-state index contributed by atoms with van der Waals surface area (Å²) >= 11 is 0. The van der Waals surface area contributed by atoms with E-state index >= 15 is 0 Å². The first-order chi connectivity index (χ1) is 10.9. The Morgan fingerprint density at radius 3 is 2.43 bits per heavy atom. The van der Waals surface area contributed by atoms with Gasteiger partial charge in [0.25, 0.3) is 11.5 Å². The van der Waals surface area contributed by atoms with Crippen LogP contribution >= 0.6 is 0 Å². The second-order valence-corrected chi connectivity index (χ2v) is 5.23. The molecular formula is C15H20N4O4. The lowest BCUT2D eigenvalue weighted by atomic mass is 10.2. The summed E-state index contributed by atoms with van der Waals surface area (Å²) < 4.78 is 3.06. The fourth-order valence-electron chi connectivity index (χ4n) is 2.15. The van der Waals surface area contributed by atoms with E-state index in [1.54, 1.807) is 42.9 Å². The quantitative estimate of drug-likeness (QED) is 0.571. The van der Waals surface area contributed by atoms with Gasteiger partial charge in [-0.1, -0.05) is 0 Å². The average molecular weight is 320 g/mol. The molecule has 1 aromatic carbocycles. The SMILES string of the molecule is Cc1c(N)c(=O)n(-c2ccc(C(=O)NCC(O)CO)cc2)n1C. The number of nitrogens with one attached hydrogen (secondary N) is 1. The van der Waals surface area contributed by atoms with Crippen LogP contribution in [0.2, 0.25) is 0 Å². The van der Waals surface area contributed by atoms with Gasteiger partial charge in [0, 0.05) is 19.2 Å². The minimum absolute atomic E-state index is 0.0376. The summed E-state index contributed by atoms with van der Waals surface area (Å²) in [5.74, 6) is -0.376. The molecule has 0 radical (unpaired) electrons. The normalized spacial score (nSPS) is 12.2. The maximum atomic E-state index is 12.1. The molecule has 0 saturated heterocycles. The molecule has 0 aliphatic rings. The summed E-state index contributed by atoms with van der Waals surface area (Å²) in [5.41, 5.74) is 7.24. The Bertz CT molecular complexity index is 761. The molecule has 0 spiro atoms. The van der Waals surface area contributed by atoms with E-state index in [4.69, 9.17) is 10.8 Å². The van der Waals surface area contributed by atoms with Crippen LogP contribution in [0, 0.1) is 6.92 Å². The molecule has 8 heteroatoms. The van der Waals surface area contributed by atoms with Crippen LogP contribution in [-0.4, -0.2) is 44.7 Å². The van der Waals surface area contributed by atoms with E-state index in [1.165, 1.54) is 4.68 Å². The van der Waals surface area contributed by atoms with Crippen LogP contribution in [0.4, 0.5) is 5.69 Å². The second kappa shape index (κ2) is 6.67. The van der Waals surface area contributed by atoms with Gasteiger partial charge in [0.2, 0.25) is 0 Å². The third-order valence-electron chi connectivity index (χ3n) is 3.68. The molecule has 0 aliphatic heterocycles. The summed E-state index contributed by atoms with van der Waals surface area (Å²) in [5, 5.41) is 20.4. The van der Waals surface area contributed by atoms with Gasteiger partial charge >= 0.3 is 0 Å². The lowest BCUT2D eigenvalue weighted by Crippen LogP contribution is -2.33. The molecule has 1 aromatic heterocycles. The number of anilines is 1. The van der Waals surface area contributed by atoms with Gasteiger partial charge in [-0.3, -0.25) is 14.3 Å². The fraction of sp³-hybridized carbons (Fsp3) is 0.333. The Balaban J connectivity index is 2.22. The molecule has 0 saturated carbocycles. The highest BCUT2D eigenvalue weighted by molar-refractivity contribution is 5.94. The van der Waals surface area contributed by atoms with Crippen molar-refractivity contribution in [3.63, 3.8) is 0 Å². The molecule has 124 valence electrons. The lowest BCUT2D eigenvalue weighted by Gasteiger charge is -2.11. The zero-order chi connectivity index (χ0) is 17.1. The minimum Gasteiger partial charge on any atom is -0.394 e. The van der Waals surface area contributed by atoms with E-state index in [0.29, 0.717) is 16.9 Å². The topological polar surface area (TPSA) is 123 Å². The van der Waals surface area contributed by atoms with Gasteiger partial charge in [0.15, 0.2) is 0 Å². The van der Waals surface area contributed by atoms with Crippen molar-refractivity contribution in [2.24, 2.45) is 7.05 Å². The molecule has 23 heavy (non-hydrogen) atoms. The highest BCUT2D eigenvalue weighted by atomic mass is 16.3. The number of amides is 1. The molecule has 1 heterocycles. The van der Waals surface area contributed by atoms with Gasteiger partial charge in [-0.05, 0) is 31.2 Å². The van der Waals surface area contributed by atoms with E-state index in [9.17, 15) is 14.7 Å². The molecule has 0 bridgehead atoms. The molecule has 0 fully saturated rings. The maximum absolute atomic E-state index is 12.1. The molecular weight excluding hydrogens is 300 g/mol. The third kappa shape index (κ3) is 3.27. The van der Waals surface area contributed by atoms with Crippen LogP contribution in [0.3, 0.4) is 0 Å². The number of nitrogens with two attached hydrogens (primary N) is 1. The highest BCUT2D eigenvalue weighted by Gasteiger charge is 2.14. The van der Waals surface area contributed by atoms with Crippen molar-refractivity contribution in [2.45, 2.75) is 13.0 Å². The van der Waals surface area contributed by atoms with E-state index in [-0.39, 0.29) is 23.7 Å². The number of rotatable bonds is 5. The number of nitrogen functional groups attached to an aromatic ring is 1. The summed E-state index contributed by atoms with van der Waals surface area (Å²) in [6, 6.07) is 6.41. The predicted molar refractivity (Wildman–Crippen MR) is 85.6 cm³/mol. The summed E-state index contributed by atoms with van der Waals surface area (Å²) in [6.07, 6.45) is -0.994. The maximum Gasteiger partial charge on any atom is 0.294 e. The van der Waals surface area contributed by atoms with Crippen LogP contribution in [0.5, 0.6) is 0 Å². The first kappa shape index (κ1) is 16.8. The van der Waals surface area contributed by atoms with Crippen molar-refractivity contribution >= 4 is 11.6 Å². The van der Waals surface area contributed by atoms with Gasteiger partial charge in [0.1, 0.15) is 5.69 Å². The molecule has 1 amide bonds. The predicted octanol–water partition coefficient (Wildman–Crippen LogP) is -0.850. The van der Waals surface area contributed by atoms with E-state index in [2.05, 4.69) is 5.32 Å². The first-order valence-electron chi connectivity index (χ1n) is 7.08. The standard InChI is InChI=1S/C15H20N4O4/c1-9-13(16)15(23)19(18(9)2)11-5-3-10(4-6-11)14(22)17-7-12(21)8-20/h3-6,12,20-21H,7-8,16H2,1-2H3,(H,17,22). The molecule has 1 atom stereocenters. The number of carbonyl (C=O) groups is 1. The number of hydrogen-bond acceptors (Lipinski definition) is 5. The summed E-state index contributed by atoms with van der Waals surface area (Å²) in [7, 11) is 1.73. The van der Waals surface area contributed by atoms with Crippen molar-refractivity contribution in [3.8, 4) is 5.69 Å². The van der Waals surface area contributed by atoms with Gasteiger partial charge in [-0.25, -0.2) is 4.68 Å². The van der Waals surface area contributed by atoms with Crippen LogP contribution in [0.1, 0.15) is 16.1 Å². The Labute approximate surface area is 132 Å². The molecule has 5 N–H and O–H groups in total. The number of benzene rings is 1. The van der Waals surface area contributed by atoms with E-state index in [1.807, 2.05) is 0 Å². The molecule has 8 nitrogen and oxygen atoms in total. The Hall–Kier alpha value is -2.58. The van der Waals surface area contributed by atoms with Gasteiger partial charge < -0.3 is 21.3 Å². The van der Waals surface area contributed by atoms with Crippen LogP contribution in [-0.2, 0) is 7.05 Å². The van der Waals surface area contributed by atoms with Crippen LogP contribution < -0.4 is 16.6 Å². The summed E-state index contributed by atoms with van der Waals surface area (Å²) in [4.78, 5) is 24.0. The van der Waals surface area contributed by atoms with Crippen molar-refractivity contribution in [1.82, 2.24) is 14.7 Å². The number of aliphatic hydroxyl groups excluding tert-OH is 2. The van der Waals surface area contributed by atoms with Crippen LogP contribution in [0.15, 0.2) is 29.1 Å². The van der Waals surface area contributed by atoms with Crippen molar-refractivity contribution in [1.29, 1.82) is 0 Å². The second-order valence-electron chi connectivity index (χ2n) is 5.23. The first-order valence-corrected chi connectivity index (χ1v) is 7.08. The summed E-state index contributed by atoms with van der Waals surface area (Å²) in [6.45, 7) is 1.29. The van der Waals surface area contributed by atoms with Gasteiger partial charge in [-0.15, -0.1) is 0 Å². The minimum atomic E-state index is -0.994. The largest absolute Gasteiger partial charge is 0.394 e. The van der Waals surface area contributed by atoms with Gasteiger partial charge in [-0.2, -0.15) is 0 Å². The molecule has 2 aromatic rings. The molecule has 1 unspecified atom stereocenters. The number of carbonyl (C=O) groups excluding carboxylic acids is 1. The van der Waals surface area contributed by atoms with Crippen molar-refractivity contribution in [2.75, 3.05) is 18.9 Å². The Morgan fingerprint density at radius 1 is 1.35 bits per heavy atom.